The molecule has 2 aromatic rings. The minimum Gasteiger partial charge on any atom is -0.486 e. The summed E-state index contributed by atoms with van der Waals surface area (Å²) in [7, 11) is 1.79. The van der Waals surface area contributed by atoms with E-state index in [9.17, 15) is 9.59 Å². The van der Waals surface area contributed by atoms with Crippen molar-refractivity contribution in [3.8, 4) is 11.5 Å². The lowest BCUT2D eigenvalue weighted by Gasteiger charge is -2.39. The summed E-state index contributed by atoms with van der Waals surface area (Å²) >= 11 is 0. The first-order valence-corrected chi connectivity index (χ1v) is 9.36. The van der Waals surface area contributed by atoms with E-state index in [1.54, 1.807) is 34.0 Å². The van der Waals surface area contributed by atoms with Gasteiger partial charge in [-0.2, -0.15) is 5.10 Å². The van der Waals surface area contributed by atoms with Gasteiger partial charge < -0.3 is 19.3 Å². The number of rotatable bonds is 3. The van der Waals surface area contributed by atoms with Crippen LogP contribution in [0, 0.1) is 0 Å². The van der Waals surface area contributed by atoms with Crippen molar-refractivity contribution in [3.05, 3.63) is 36.2 Å². The third-order valence-corrected chi connectivity index (χ3v) is 5.44. The van der Waals surface area contributed by atoms with E-state index in [2.05, 4.69) is 5.10 Å². The van der Waals surface area contributed by atoms with E-state index in [1.807, 2.05) is 23.0 Å². The van der Waals surface area contributed by atoms with Crippen LogP contribution >= 0.6 is 0 Å². The second kappa shape index (κ2) is 6.43. The van der Waals surface area contributed by atoms with E-state index < -0.39 is 0 Å². The SMILES string of the molecule is CN1CCN(c2cnn(C3CN(C(=O)c4cccc5c4OCCO5)C3)c2)C1=O. The number of hydrogen-bond acceptors (Lipinski definition) is 5. The normalized spacial score (nSPS) is 19.2. The van der Waals surface area contributed by atoms with Gasteiger partial charge in [0.1, 0.15) is 13.2 Å². The molecule has 0 unspecified atom stereocenters. The predicted octanol–water partition coefficient (Wildman–Crippen LogP) is 1.22. The Morgan fingerprint density at radius 3 is 2.79 bits per heavy atom. The molecule has 146 valence electrons. The van der Waals surface area contributed by atoms with Gasteiger partial charge in [-0.1, -0.05) is 6.07 Å². The van der Waals surface area contributed by atoms with Crippen molar-refractivity contribution in [3.63, 3.8) is 0 Å². The summed E-state index contributed by atoms with van der Waals surface area (Å²) in [5, 5.41) is 4.40. The minimum atomic E-state index is -0.0673. The third-order valence-electron chi connectivity index (χ3n) is 5.44. The lowest BCUT2D eigenvalue weighted by molar-refractivity contribution is 0.0493. The van der Waals surface area contributed by atoms with Crippen molar-refractivity contribution in [2.24, 2.45) is 0 Å². The van der Waals surface area contributed by atoms with Gasteiger partial charge in [0.15, 0.2) is 11.5 Å². The topological polar surface area (TPSA) is 80.1 Å². The fourth-order valence-electron chi connectivity index (χ4n) is 3.75. The molecule has 1 aromatic heterocycles. The van der Waals surface area contributed by atoms with Crippen molar-refractivity contribution < 1.29 is 19.1 Å². The van der Waals surface area contributed by atoms with E-state index in [-0.39, 0.29) is 18.0 Å². The molecule has 3 amide bonds. The molecule has 4 heterocycles. The maximum atomic E-state index is 12.9. The molecule has 0 aliphatic carbocycles. The molecule has 0 radical (unpaired) electrons. The summed E-state index contributed by atoms with van der Waals surface area (Å²) in [6.45, 7) is 3.45. The standard InChI is InChI=1S/C19H21N5O4/c1-21-5-6-23(19(21)26)13-9-20-24(12-13)14-10-22(11-14)18(25)15-3-2-4-16-17(15)28-8-7-27-16/h2-4,9,12,14H,5-8,10-11H2,1H3. The highest BCUT2D eigenvalue weighted by molar-refractivity contribution is 5.98. The number of anilines is 1. The highest BCUT2D eigenvalue weighted by Gasteiger charge is 2.36. The minimum absolute atomic E-state index is 0.0129. The Balaban J connectivity index is 1.26. The molecule has 0 saturated carbocycles. The van der Waals surface area contributed by atoms with E-state index in [4.69, 9.17) is 9.47 Å². The monoisotopic (exact) mass is 383 g/mol. The highest BCUT2D eigenvalue weighted by Crippen LogP contribution is 2.36. The Morgan fingerprint density at radius 1 is 1.18 bits per heavy atom. The zero-order valence-corrected chi connectivity index (χ0v) is 15.6. The number of aromatic nitrogens is 2. The molecule has 28 heavy (non-hydrogen) atoms. The fraction of sp³-hybridized carbons (Fsp3) is 0.421. The van der Waals surface area contributed by atoms with Gasteiger partial charge in [-0.15, -0.1) is 0 Å². The van der Waals surface area contributed by atoms with Crippen molar-refractivity contribution >= 4 is 17.6 Å². The molecule has 0 atom stereocenters. The van der Waals surface area contributed by atoms with Crippen LogP contribution in [-0.4, -0.2) is 78.0 Å². The number of ether oxygens (including phenoxy) is 2. The summed E-state index contributed by atoms with van der Waals surface area (Å²) in [5.41, 5.74) is 1.32. The Bertz CT molecular complexity index is 936. The van der Waals surface area contributed by atoms with Gasteiger partial charge in [0.25, 0.3) is 5.91 Å². The van der Waals surface area contributed by atoms with Gasteiger partial charge in [-0.25, -0.2) is 4.79 Å². The first kappa shape index (κ1) is 16.9. The molecule has 0 spiro atoms. The number of likely N-dealkylation sites (N-methyl/N-ethyl adjacent to an activating group) is 1. The van der Waals surface area contributed by atoms with Crippen molar-refractivity contribution in [2.45, 2.75) is 6.04 Å². The molecule has 2 saturated heterocycles. The Labute approximate surface area is 162 Å². The molecule has 2 fully saturated rings. The fourth-order valence-corrected chi connectivity index (χ4v) is 3.75. The lowest BCUT2D eigenvalue weighted by Crippen LogP contribution is -2.51. The molecule has 0 N–H and O–H groups in total. The number of benzene rings is 1. The van der Waals surface area contributed by atoms with Crippen molar-refractivity contribution in [1.29, 1.82) is 0 Å². The van der Waals surface area contributed by atoms with Gasteiger partial charge in [0, 0.05) is 39.4 Å². The molecular weight excluding hydrogens is 362 g/mol. The van der Waals surface area contributed by atoms with E-state index >= 15 is 0 Å². The van der Waals surface area contributed by atoms with E-state index in [1.165, 1.54) is 0 Å². The van der Waals surface area contributed by atoms with Crippen LogP contribution in [-0.2, 0) is 0 Å². The number of para-hydroxylation sites is 1. The van der Waals surface area contributed by atoms with Crippen LogP contribution in [0.1, 0.15) is 16.4 Å². The molecular formula is C19H21N5O4. The molecule has 0 bridgehead atoms. The predicted molar refractivity (Wildman–Crippen MR) is 100.0 cm³/mol. The molecule has 9 heteroatoms. The zero-order valence-electron chi connectivity index (χ0n) is 15.6. The van der Waals surface area contributed by atoms with Gasteiger partial charge in [0.2, 0.25) is 0 Å². The number of nitrogens with zero attached hydrogens (tertiary/aromatic N) is 5. The zero-order chi connectivity index (χ0) is 19.3. The number of fused-ring (bicyclic) bond motifs is 1. The molecule has 9 nitrogen and oxygen atoms in total. The maximum absolute atomic E-state index is 12.9. The first-order chi connectivity index (χ1) is 13.6. The summed E-state index contributed by atoms with van der Waals surface area (Å²) < 4.78 is 13.0. The number of hydrogen-bond donors (Lipinski definition) is 0. The second-order valence-electron chi connectivity index (χ2n) is 7.23. The van der Waals surface area contributed by atoms with Crippen LogP contribution in [0.2, 0.25) is 0 Å². The molecule has 3 aliphatic heterocycles. The summed E-state index contributed by atoms with van der Waals surface area (Å²) in [6.07, 6.45) is 3.59. The number of carbonyl (C=O) groups is 2. The van der Waals surface area contributed by atoms with Crippen LogP contribution < -0.4 is 14.4 Å². The van der Waals surface area contributed by atoms with E-state index in [0.717, 1.165) is 5.69 Å². The smallest absolute Gasteiger partial charge is 0.324 e. The largest absolute Gasteiger partial charge is 0.486 e. The van der Waals surface area contributed by atoms with Gasteiger partial charge in [-0.05, 0) is 12.1 Å². The van der Waals surface area contributed by atoms with Crippen LogP contribution in [0.4, 0.5) is 10.5 Å². The van der Waals surface area contributed by atoms with Crippen LogP contribution in [0.15, 0.2) is 30.6 Å². The number of carbonyl (C=O) groups excluding carboxylic acids is 2. The third kappa shape index (κ3) is 2.65. The molecule has 5 rings (SSSR count). The summed E-state index contributed by atoms with van der Waals surface area (Å²) in [6, 6.07) is 5.48. The van der Waals surface area contributed by atoms with E-state index in [0.29, 0.717) is 56.5 Å². The van der Waals surface area contributed by atoms with Gasteiger partial charge in [-0.3, -0.25) is 14.4 Å². The number of urea groups is 1. The average Bonchev–Trinajstić information content (AvgIpc) is 3.27. The molecule has 3 aliphatic rings. The Kier molecular flexibility index (Phi) is 3.88. The second-order valence-corrected chi connectivity index (χ2v) is 7.23. The lowest BCUT2D eigenvalue weighted by atomic mass is 10.1. The van der Waals surface area contributed by atoms with Crippen LogP contribution in [0.5, 0.6) is 11.5 Å². The Hall–Kier alpha value is -3.23. The quantitative estimate of drug-likeness (QED) is 0.796. The van der Waals surface area contributed by atoms with Crippen molar-refractivity contribution in [2.75, 3.05) is 51.3 Å². The first-order valence-electron chi connectivity index (χ1n) is 9.36. The van der Waals surface area contributed by atoms with Crippen LogP contribution in [0.3, 0.4) is 0 Å². The van der Waals surface area contributed by atoms with Gasteiger partial charge in [0.05, 0.1) is 23.5 Å². The Morgan fingerprint density at radius 2 is 2.00 bits per heavy atom. The van der Waals surface area contributed by atoms with Crippen LogP contribution in [0.25, 0.3) is 0 Å². The molecule has 1 aromatic carbocycles. The van der Waals surface area contributed by atoms with Crippen molar-refractivity contribution in [1.82, 2.24) is 19.6 Å². The average molecular weight is 383 g/mol. The maximum Gasteiger partial charge on any atom is 0.324 e. The van der Waals surface area contributed by atoms with Gasteiger partial charge >= 0.3 is 6.03 Å². The number of likely N-dealkylation sites (tertiary alicyclic amines) is 1. The highest BCUT2D eigenvalue weighted by atomic mass is 16.6. The summed E-state index contributed by atoms with van der Waals surface area (Å²) in [4.78, 5) is 30.2. The number of amides is 3. The summed E-state index contributed by atoms with van der Waals surface area (Å²) in [5.74, 6) is 1.08.